The summed E-state index contributed by atoms with van der Waals surface area (Å²) in [5.41, 5.74) is 16.9. The third kappa shape index (κ3) is 9.18. The molecule has 2 saturated heterocycles. The number of nitrogen functional groups attached to an aromatic ring is 1. The minimum atomic E-state index is -0.336. The van der Waals surface area contributed by atoms with E-state index in [4.69, 9.17) is 34.0 Å². The Labute approximate surface area is 334 Å². The molecule has 11 nitrogen and oxygen atoms in total. The quantitative estimate of drug-likeness (QED) is 0.122. The van der Waals surface area contributed by atoms with Gasteiger partial charge in [0, 0.05) is 56.6 Å². The Morgan fingerprint density at radius 1 is 0.825 bits per heavy atom. The molecule has 0 aliphatic carbocycles. The molecule has 0 bridgehead atoms. The van der Waals surface area contributed by atoms with Crippen molar-refractivity contribution in [3.05, 3.63) is 94.7 Å². The predicted molar refractivity (Wildman–Crippen MR) is 221 cm³/mol. The first-order chi connectivity index (χ1) is 27.6. The summed E-state index contributed by atoms with van der Waals surface area (Å²) in [5, 5.41) is 11.6. The number of aromatic nitrogens is 4. The van der Waals surface area contributed by atoms with Gasteiger partial charge in [0.1, 0.15) is 17.3 Å². The van der Waals surface area contributed by atoms with Crippen molar-refractivity contribution in [3.8, 4) is 28.0 Å². The van der Waals surface area contributed by atoms with Gasteiger partial charge in [-0.15, -0.1) is 0 Å². The van der Waals surface area contributed by atoms with Crippen molar-refractivity contribution in [1.29, 1.82) is 0 Å². The zero-order valence-electron chi connectivity index (χ0n) is 34.0. The van der Waals surface area contributed by atoms with Crippen molar-refractivity contribution < 1.29 is 27.6 Å². The van der Waals surface area contributed by atoms with E-state index in [0.717, 1.165) is 144 Å². The van der Waals surface area contributed by atoms with E-state index in [-0.39, 0.29) is 17.5 Å². The first kappa shape index (κ1) is 40.0. The summed E-state index contributed by atoms with van der Waals surface area (Å²) in [4.78, 5) is 5.12. The lowest BCUT2D eigenvalue weighted by molar-refractivity contribution is 0.0613. The topological polar surface area (TPSA) is 136 Å². The Morgan fingerprint density at radius 2 is 1.44 bits per heavy atom. The van der Waals surface area contributed by atoms with Crippen LogP contribution >= 0.6 is 0 Å². The normalized spacial score (nSPS) is 15.7. The first-order valence-corrected chi connectivity index (χ1v) is 20.1. The van der Waals surface area contributed by atoms with Crippen molar-refractivity contribution in [2.75, 3.05) is 51.1 Å². The number of anilines is 2. The molecule has 1 atom stereocenters. The second-order valence-corrected chi connectivity index (χ2v) is 15.6. The van der Waals surface area contributed by atoms with Crippen LogP contribution in [0.4, 0.5) is 15.8 Å². The second-order valence-electron chi connectivity index (χ2n) is 15.6. The van der Waals surface area contributed by atoms with Crippen molar-refractivity contribution in [1.82, 2.24) is 19.9 Å². The molecule has 1 unspecified atom stereocenters. The average molecular weight is 779 g/mol. The predicted octanol–water partition coefficient (Wildman–Crippen LogP) is 9.61. The lowest BCUT2D eigenvalue weighted by Crippen LogP contribution is -2.22. The van der Waals surface area contributed by atoms with Gasteiger partial charge in [-0.3, -0.25) is 0 Å². The SMILES string of the molecule is COc1ccc(CC(C)c2nc3cc(-c4c(C)noc4C)ccc3n2CC2CCOCC2)cc1F.Cc1noc(C)c1-c1ccc(NCC2CCOCC2)c(N)c1. The van der Waals surface area contributed by atoms with Crippen molar-refractivity contribution >= 4 is 22.4 Å². The summed E-state index contributed by atoms with van der Waals surface area (Å²) in [5.74, 6) is 3.90. The number of imidazole rings is 1. The summed E-state index contributed by atoms with van der Waals surface area (Å²) in [6, 6.07) is 17.7. The molecule has 0 spiro atoms. The summed E-state index contributed by atoms with van der Waals surface area (Å²) in [6.45, 7) is 15.1. The summed E-state index contributed by atoms with van der Waals surface area (Å²) < 4.78 is 43.4. The number of nitrogens with one attached hydrogen (secondary N) is 1. The van der Waals surface area contributed by atoms with Gasteiger partial charge < -0.3 is 38.9 Å². The third-order valence-corrected chi connectivity index (χ3v) is 11.4. The molecule has 2 fully saturated rings. The van der Waals surface area contributed by atoms with E-state index in [1.54, 1.807) is 12.1 Å². The highest BCUT2D eigenvalue weighted by atomic mass is 19.1. The van der Waals surface area contributed by atoms with Crippen molar-refractivity contribution in [2.24, 2.45) is 11.8 Å². The largest absolute Gasteiger partial charge is 0.494 e. The highest BCUT2D eigenvalue weighted by Crippen LogP contribution is 2.34. The van der Waals surface area contributed by atoms with Crippen LogP contribution in [-0.4, -0.2) is 59.9 Å². The van der Waals surface area contributed by atoms with Gasteiger partial charge >= 0.3 is 0 Å². The van der Waals surface area contributed by atoms with Gasteiger partial charge in [0.2, 0.25) is 0 Å². The third-order valence-electron chi connectivity index (χ3n) is 11.4. The Bertz CT molecular complexity index is 2240. The van der Waals surface area contributed by atoms with Crippen LogP contribution in [0.25, 0.3) is 33.3 Å². The second kappa shape index (κ2) is 17.9. The minimum Gasteiger partial charge on any atom is -0.494 e. The molecule has 0 amide bonds. The van der Waals surface area contributed by atoms with Crippen LogP contribution in [0, 0.1) is 45.3 Å². The number of methoxy groups -OCH3 is 1. The number of hydrogen-bond acceptors (Lipinski definition) is 10. The zero-order chi connectivity index (χ0) is 40.1. The fourth-order valence-corrected chi connectivity index (χ4v) is 8.22. The lowest BCUT2D eigenvalue weighted by Gasteiger charge is -2.24. The van der Waals surface area contributed by atoms with Crippen LogP contribution < -0.4 is 15.8 Å². The van der Waals surface area contributed by atoms with E-state index >= 15 is 0 Å². The van der Waals surface area contributed by atoms with Gasteiger partial charge in [-0.1, -0.05) is 35.4 Å². The molecular formula is C45H55FN6O5. The van der Waals surface area contributed by atoms with Gasteiger partial charge in [-0.25, -0.2) is 9.37 Å². The smallest absolute Gasteiger partial charge is 0.165 e. The molecule has 57 heavy (non-hydrogen) atoms. The van der Waals surface area contributed by atoms with Gasteiger partial charge in [0.05, 0.1) is 40.9 Å². The number of hydrogen-bond donors (Lipinski definition) is 2. The van der Waals surface area contributed by atoms with Crippen LogP contribution in [-0.2, 0) is 22.4 Å². The Hall–Kier alpha value is -5.20. The first-order valence-electron chi connectivity index (χ1n) is 20.1. The van der Waals surface area contributed by atoms with Crippen LogP contribution in [0.3, 0.4) is 0 Å². The highest BCUT2D eigenvalue weighted by molar-refractivity contribution is 5.84. The number of ether oxygens (including phenoxy) is 3. The maximum atomic E-state index is 14.3. The Morgan fingerprint density at radius 3 is 2.02 bits per heavy atom. The molecule has 0 saturated carbocycles. The molecule has 3 aromatic heterocycles. The highest BCUT2D eigenvalue weighted by Gasteiger charge is 2.23. The zero-order valence-corrected chi connectivity index (χ0v) is 34.0. The summed E-state index contributed by atoms with van der Waals surface area (Å²) in [7, 11) is 1.48. The molecule has 3 aromatic carbocycles. The number of halogens is 1. The molecular weight excluding hydrogens is 724 g/mol. The van der Waals surface area contributed by atoms with Crippen LogP contribution in [0.2, 0.25) is 0 Å². The van der Waals surface area contributed by atoms with Crippen molar-refractivity contribution in [2.45, 2.75) is 79.2 Å². The molecule has 6 aromatic rings. The standard InChI is InChI=1S/C28H32FN3O3.C17H23N3O2/c1-17(13-21-5-8-26(33-4)23(29)14-21)28-30-24-15-22(27-18(2)31-35-19(27)3)6-7-25(24)32(28)16-20-9-11-34-12-10-20;1-11-17(12(2)22-20-11)14-3-4-16(15(18)9-14)19-10-13-5-7-21-8-6-13/h5-8,14-15,17,20H,9-13,16H2,1-4H3;3-4,9,13,19H,5-8,10,18H2,1-2H3. The molecule has 2 aliphatic heterocycles. The molecule has 0 radical (unpaired) electrons. The van der Waals surface area contributed by atoms with E-state index < -0.39 is 0 Å². The number of rotatable bonds is 11. The van der Waals surface area contributed by atoms with Crippen LogP contribution in [0.15, 0.2) is 63.6 Å². The number of benzene rings is 3. The van der Waals surface area contributed by atoms with Gasteiger partial charge in [-0.05, 0) is 125 Å². The number of nitrogens with two attached hydrogens (primary N) is 1. The van der Waals surface area contributed by atoms with E-state index in [1.807, 2.05) is 45.9 Å². The monoisotopic (exact) mass is 778 g/mol. The van der Waals surface area contributed by atoms with E-state index in [9.17, 15) is 4.39 Å². The molecule has 12 heteroatoms. The molecule has 302 valence electrons. The number of nitrogens with zero attached hydrogens (tertiary/aromatic N) is 4. The summed E-state index contributed by atoms with van der Waals surface area (Å²) >= 11 is 0. The number of aryl methyl sites for hydroxylation is 4. The van der Waals surface area contributed by atoms with Gasteiger partial charge in [-0.2, -0.15) is 0 Å². The maximum Gasteiger partial charge on any atom is 0.165 e. The van der Waals surface area contributed by atoms with E-state index in [2.05, 4.69) is 51.4 Å². The average Bonchev–Trinajstić information content (AvgIpc) is 3.87. The van der Waals surface area contributed by atoms with E-state index in [1.165, 1.54) is 7.11 Å². The van der Waals surface area contributed by atoms with Gasteiger partial charge in [0.15, 0.2) is 11.6 Å². The molecule has 3 N–H and O–H groups in total. The van der Waals surface area contributed by atoms with Gasteiger partial charge in [0.25, 0.3) is 0 Å². The molecule has 5 heterocycles. The van der Waals surface area contributed by atoms with E-state index in [0.29, 0.717) is 18.3 Å². The fourth-order valence-electron chi connectivity index (χ4n) is 8.22. The fraction of sp³-hybridized carbons (Fsp3) is 0.444. The summed E-state index contributed by atoms with van der Waals surface area (Å²) in [6.07, 6.45) is 5.02. The van der Waals surface area contributed by atoms with Crippen molar-refractivity contribution in [3.63, 3.8) is 0 Å². The Balaban J connectivity index is 0.000000194. The number of fused-ring (bicyclic) bond motifs is 1. The lowest BCUT2D eigenvalue weighted by atomic mass is 9.98. The van der Waals surface area contributed by atoms with Crippen LogP contribution in [0.1, 0.15) is 72.8 Å². The molecule has 8 rings (SSSR count). The van der Waals surface area contributed by atoms with Crippen LogP contribution in [0.5, 0.6) is 5.75 Å². The molecule has 2 aliphatic rings. The minimum absolute atomic E-state index is 0.109. The maximum absolute atomic E-state index is 14.3. The Kier molecular flexibility index (Phi) is 12.6.